The zero-order valence-electron chi connectivity index (χ0n) is 9.00. The van der Waals surface area contributed by atoms with E-state index in [0.29, 0.717) is 0 Å². The number of alkyl halides is 3. The molecule has 1 aromatic rings. The minimum absolute atomic E-state index is 0.000254. The molecular formula is C9H9F3N2O3. The number of hydrogen-bond donors (Lipinski definition) is 1. The molecule has 1 aromatic heterocycles. The average molecular weight is 250 g/mol. The van der Waals surface area contributed by atoms with Crippen LogP contribution in [0.3, 0.4) is 0 Å². The molecule has 0 aromatic carbocycles. The van der Waals surface area contributed by atoms with Crippen molar-refractivity contribution in [3.63, 3.8) is 0 Å². The van der Waals surface area contributed by atoms with Gasteiger partial charge in [-0.2, -0.15) is 13.2 Å². The van der Waals surface area contributed by atoms with E-state index in [1.807, 2.05) is 0 Å². The van der Waals surface area contributed by atoms with E-state index >= 15 is 0 Å². The van der Waals surface area contributed by atoms with Crippen molar-refractivity contribution in [2.24, 2.45) is 0 Å². The zero-order valence-corrected chi connectivity index (χ0v) is 9.00. The standard InChI is InChI=1S/C9H9F3N2O3/c1-4-6(8(15)16)13-5(2)7(14-4)17-3-9(10,11)12/h3H2,1-2H3,(H,15,16). The van der Waals surface area contributed by atoms with E-state index in [4.69, 9.17) is 5.11 Å². The van der Waals surface area contributed by atoms with Crippen molar-refractivity contribution in [3.05, 3.63) is 17.1 Å². The molecule has 1 rings (SSSR count). The van der Waals surface area contributed by atoms with Gasteiger partial charge in [-0.15, -0.1) is 0 Å². The topological polar surface area (TPSA) is 72.3 Å². The van der Waals surface area contributed by atoms with Crippen LogP contribution in [0.4, 0.5) is 13.2 Å². The summed E-state index contributed by atoms with van der Waals surface area (Å²) in [5.74, 6) is -1.61. The molecule has 0 spiro atoms. The summed E-state index contributed by atoms with van der Waals surface area (Å²) in [6.07, 6.45) is -4.48. The maximum atomic E-state index is 11.9. The third-order valence-electron chi connectivity index (χ3n) is 1.78. The van der Waals surface area contributed by atoms with Crippen LogP contribution in [0.25, 0.3) is 0 Å². The molecule has 0 fully saturated rings. The molecule has 5 nitrogen and oxygen atoms in total. The molecule has 94 valence electrons. The lowest BCUT2D eigenvalue weighted by atomic mass is 10.3. The van der Waals surface area contributed by atoms with Crippen molar-refractivity contribution in [1.29, 1.82) is 0 Å². The maximum absolute atomic E-state index is 11.9. The summed E-state index contributed by atoms with van der Waals surface area (Å²) < 4.78 is 40.2. The van der Waals surface area contributed by atoms with E-state index in [1.54, 1.807) is 0 Å². The second-order valence-corrected chi connectivity index (χ2v) is 3.26. The van der Waals surface area contributed by atoms with Crippen molar-refractivity contribution in [1.82, 2.24) is 9.97 Å². The van der Waals surface area contributed by atoms with Gasteiger partial charge in [-0.05, 0) is 13.8 Å². The molecule has 0 unspecified atom stereocenters. The lowest BCUT2D eigenvalue weighted by molar-refractivity contribution is -0.154. The van der Waals surface area contributed by atoms with Crippen molar-refractivity contribution < 1.29 is 27.8 Å². The van der Waals surface area contributed by atoms with Gasteiger partial charge in [-0.1, -0.05) is 0 Å². The fourth-order valence-corrected chi connectivity index (χ4v) is 1.07. The Bertz CT molecular complexity index is 446. The number of hydrogen-bond acceptors (Lipinski definition) is 4. The first-order chi connectivity index (χ1) is 7.70. The molecule has 17 heavy (non-hydrogen) atoms. The Morgan fingerprint density at radius 3 is 2.35 bits per heavy atom. The first kappa shape index (κ1) is 13.2. The first-order valence-electron chi connectivity index (χ1n) is 4.49. The Balaban J connectivity index is 2.96. The van der Waals surface area contributed by atoms with E-state index in [2.05, 4.69) is 14.7 Å². The molecule has 0 aliphatic carbocycles. The maximum Gasteiger partial charge on any atom is 0.422 e. The smallest absolute Gasteiger partial charge is 0.422 e. The average Bonchev–Trinajstić information content (AvgIpc) is 2.17. The highest BCUT2D eigenvalue weighted by Gasteiger charge is 2.29. The lowest BCUT2D eigenvalue weighted by Gasteiger charge is -2.11. The Hall–Kier alpha value is -1.86. The number of ether oxygens (including phenoxy) is 1. The highest BCUT2D eigenvalue weighted by Crippen LogP contribution is 2.20. The number of aryl methyl sites for hydroxylation is 2. The molecule has 0 bridgehead atoms. The van der Waals surface area contributed by atoms with E-state index in [9.17, 15) is 18.0 Å². The highest BCUT2D eigenvalue weighted by molar-refractivity contribution is 5.86. The molecule has 0 saturated carbocycles. The van der Waals surface area contributed by atoms with Gasteiger partial charge in [0, 0.05) is 0 Å². The van der Waals surface area contributed by atoms with Gasteiger partial charge in [-0.3, -0.25) is 0 Å². The molecule has 1 N–H and O–H groups in total. The van der Waals surface area contributed by atoms with Crippen LogP contribution in [0, 0.1) is 13.8 Å². The predicted molar refractivity (Wildman–Crippen MR) is 50.0 cm³/mol. The van der Waals surface area contributed by atoms with Gasteiger partial charge < -0.3 is 9.84 Å². The van der Waals surface area contributed by atoms with E-state index in [-0.39, 0.29) is 23.0 Å². The van der Waals surface area contributed by atoms with Gasteiger partial charge in [0.25, 0.3) is 0 Å². The minimum Gasteiger partial charge on any atom is -0.476 e. The van der Waals surface area contributed by atoms with Crippen LogP contribution in [0.5, 0.6) is 5.88 Å². The van der Waals surface area contributed by atoms with Crippen molar-refractivity contribution in [3.8, 4) is 5.88 Å². The van der Waals surface area contributed by atoms with E-state index < -0.39 is 18.8 Å². The first-order valence-corrected chi connectivity index (χ1v) is 4.49. The number of carbonyl (C=O) groups is 1. The zero-order chi connectivity index (χ0) is 13.2. The van der Waals surface area contributed by atoms with Crippen LogP contribution in [0.15, 0.2) is 0 Å². The summed E-state index contributed by atoms with van der Waals surface area (Å²) in [6, 6.07) is 0. The summed E-state index contributed by atoms with van der Waals surface area (Å²) in [5.41, 5.74) is -0.306. The number of aromatic carboxylic acids is 1. The third-order valence-corrected chi connectivity index (χ3v) is 1.78. The van der Waals surface area contributed by atoms with Gasteiger partial charge in [0.2, 0.25) is 5.88 Å². The normalized spacial score (nSPS) is 11.4. The van der Waals surface area contributed by atoms with Crippen LogP contribution < -0.4 is 4.74 Å². The summed E-state index contributed by atoms with van der Waals surface area (Å²) >= 11 is 0. The predicted octanol–water partition coefficient (Wildman–Crippen LogP) is 1.73. The minimum atomic E-state index is -4.48. The number of carboxylic acid groups (broad SMARTS) is 1. The molecule has 0 aliphatic heterocycles. The van der Waals surface area contributed by atoms with Crippen LogP contribution in [0.1, 0.15) is 21.9 Å². The molecule has 1 heterocycles. The fraction of sp³-hybridized carbons (Fsp3) is 0.444. The van der Waals surface area contributed by atoms with Gasteiger partial charge in [-0.25, -0.2) is 14.8 Å². The number of nitrogens with zero attached hydrogens (tertiary/aromatic N) is 2. The largest absolute Gasteiger partial charge is 0.476 e. The van der Waals surface area contributed by atoms with Crippen LogP contribution in [-0.4, -0.2) is 33.8 Å². The number of aromatic nitrogens is 2. The van der Waals surface area contributed by atoms with Crippen molar-refractivity contribution in [2.75, 3.05) is 6.61 Å². The molecule has 0 aliphatic rings. The van der Waals surface area contributed by atoms with Gasteiger partial charge in [0.15, 0.2) is 12.3 Å². The number of carboxylic acids is 1. The van der Waals surface area contributed by atoms with Crippen LogP contribution >= 0.6 is 0 Å². The third kappa shape index (κ3) is 3.58. The van der Waals surface area contributed by atoms with E-state index in [0.717, 1.165) is 0 Å². The van der Waals surface area contributed by atoms with E-state index in [1.165, 1.54) is 13.8 Å². The second kappa shape index (κ2) is 4.56. The van der Waals surface area contributed by atoms with Gasteiger partial charge in [0.1, 0.15) is 5.69 Å². The van der Waals surface area contributed by atoms with Crippen molar-refractivity contribution >= 4 is 5.97 Å². The Labute approximate surface area is 94.3 Å². The van der Waals surface area contributed by atoms with Crippen molar-refractivity contribution in [2.45, 2.75) is 20.0 Å². The second-order valence-electron chi connectivity index (χ2n) is 3.26. The summed E-state index contributed by atoms with van der Waals surface area (Å²) in [7, 11) is 0. The fourth-order valence-electron chi connectivity index (χ4n) is 1.07. The molecule has 0 amide bonds. The number of halogens is 3. The van der Waals surface area contributed by atoms with Crippen LogP contribution in [0.2, 0.25) is 0 Å². The monoisotopic (exact) mass is 250 g/mol. The molecule has 0 saturated heterocycles. The summed E-state index contributed by atoms with van der Waals surface area (Å²) in [5, 5.41) is 8.72. The Morgan fingerprint density at radius 1 is 1.29 bits per heavy atom. The SMILES string of the molecule is Cc1nc(C(=O)O)c(C)nc1OCC(F)(F)F. The molecule has 8 heteroatoms. The summed E-state index contributed by atoms with van der Waals surface area (Å²) in [6.45, 7) is 1.16. The summed E-state index contributed by atoms with van der Waals surface area (Å²) in [4.78, 5) is 17.9. The molecular weight excluding hydrogens is 241 g/mol. The Kier molecular flexibility index (Phi) is 3.54. The molecule has 0 radical (unpaired) electrons. The van der Waals surface area contributed by atoms with Gasteiger partial charge >= 0.3 is 12.1 Å². The van der Waals surface area contributed by atoms with Gasteiger partial charge in [0.05, 0.1) is 5.69 Å². The number of rotatable bonds is 3. The molecule has 0 atom stereocenters. The Morgan fingerprint density at radius 2 is 1.88 bits per heavy atom. The van der Waals surface area contributed by atoms with Crippen LogP contribution in [-0.2, 0) is 0 Å². The lowest BCUT2D eigenvalue weighted by Crippen LogP contribution is -2.21. The quantitative estimate of drug-likeness (QED) is 0.884. The highest BCUT2D eigenvalue weighted by atomic mass is 19.4.